The van der Waals surface area contributed by atoms with E-state index in [1.54, 1.807) is 12.1 Å². The van der Waals surface area contributed by atoms with Gasteiger partial charge in [-0.2, -0.15) is 0 Å². The maximum Gasteiger partial charge on any atom is 0.243 e. The molecular formula is C11H9ClFNO3S. The number of halogens is 2. The fourth-order valence-electron chi connectivity index (χ4n) is 1.34. The first-order chi connectivity index (χ1) is 8.49. The molecule has 1 aromatic heterocycles. The predicted octanol–water partition coefficient (Wildman–Crippen LogP) is 2.55. The predicted molar refractivity (Wildman–Crippen MR) is 64.1 cm³/mol. The first-order valence-corrected chi connectivity index (χ1v) is 6.82. The molecule has 0 amide bonds. The number of benzene rings is 1. The Morgan fingerprint density at radius 1 is 1.33 bits per heavy atom. The second-order valence-corrected chi connectivity index (χ2v) is 5.65. The van der Waals surface area contributed by atoms with Crippen LogP contribution in [0.4, 0.5) is 4.39 Å². The van der Waals surface area contributed by atoms with Crippen LogP contribution in [0.25, 0.3) is 0 Å². The second-order valence-electron chi connectivity index (χ2n) is 3.48. The largest absolute Gasteiger partial charge is 0.468 e. The van der Waals surface area contributed by atoms with E-state index in [2.05, 4.69) is 4.72 Å². The summed E-state index contributed by atoms with van der Waals surface area (Å²) in [5.74, 6) is -0.424. The normalized spacial score (nSPS) is 11.7. The summed E-state index contributed by atoms with van der Waals surface area (Å²) in [6, 6.07) is 6.58. The Morgan fingerprint density at radius 2 is 2.11 bits per heavy atom. The van der Waals surface area contributed by atoms with E-state index in [-0.39, 0.29) is 11.6 Å². The molecule has 0 spiro atoms. The molecule has 0 bridgehead atoms. The quantitative estimate of drug-likeness (QED) is 0.941. The van der Waals surface area contributed by atoms with Crippen molar-refractivity contribution < 1.29 is 17.2 Å². The highest BCUT2D eigenvalue weighted by Crippen LogP contribution is 2.19. The minimum atomic E-state index is -3.96. The smallest absolute Gasteiger partial charge is 0.243 e. The molecule has 0 aliphatic heterocycles. The van der Waals surface area contributed by atoms with Crippen LogP contribution in [0.3, 0.4) is 0 Å². The Kier molecular flexibility index (Phi) is 3.70. The Balaban J connectivity index is 2.22. The number of nitrogens with one attached hydrogen (secondary N) is 1. The maximum absolute atomic E-state index is 13.4. The van der Waals surface area contributed by atoms with Gasteiger partial charge in [-0.3, -0.25) is 0 Å². The average Bonchev–Trinajstić information content (AvgIpc) is 2.83. The lowest BCUT2D eigenvalue weighted by molar-refractivity contribution is 0.497. The molecule has 2 aromatic rings. The third-order valence-electron chi connectivity index (χ3n) is 2.20. The first kappa shape index (κ1) is 13.1. The molecule has 0 saturated carbocycles. The number of hydrogen-bond acceptors (Lipinski definition) is 3. The van der Waals surface area contributed by atoms with E-state index in [1.165, 1.54) is 12.3 Å². The molecule has 0 unspecified atom stereocenters. The zero-order chi connectivity index (χ0) is 13.2. The maximum atomic E-state index is 13.4. The molecule has 2 rings (SSSR count). The van der Waals surface area contributed by atoms with Gasteiger partial charge in [-0.1, -0.05) is 11.6 Å². The second kappa shape index (κ2) is 5.09. The van der Waals surface area contributed by atoms with Crippen LogP contribution < -0.4 is 4.72 Å². The molecule has 18 heavy (non-hydrogen) atoms. The van der Waals surface area contributed by atoms with Gasteiger partial charge < -0.3 is 4.42 Å². The van der Waals surface area contributed by atoms with Crippen LogP contribution in [0.15, 0.2) is 45.9 Å². The van der Waals surface area contributed by atoms with Crippen molar-refractivity contribution in [1.29, 1.82) is 0 Å². The van der Waals surface area contributed by atoms with Gasteiger partial charge >= 0.3 is 0 Å². The van der Waals surface area contributed by atoms with Crippen LogP contribution in [0.2, 0.25) is 5.02 Å². The molecule has 1 N–H and O–H groups in total. The highest BCUT2D eigenvalue weighted by Gasteiger charge is 2.19. The van der Waals surface area contributed by atoms with E-state index in [4.69, 9.17) is 16.0 Å². The van der Waals surface area contributed by atoms with Gasteiger partial charge in [0.25, 0.3) is 0 Å². The van der Waals surface area contributed by atoms with Crippen LogP contribution in [-0.2, 0) is 16.6 Å². The molecule has 7 heteroatoms. The summed E-state index contributed by atoms with van der Waals surface area (Å²) in [6.45, 7) is -0.0543. The van der Waals surface area contributed by atoms with Gasteiger partial charge in [-0.15, -0.1) is 0 Å². The van der Waals surface area contributed by atoms with Crippen molar-refractivity contribution >= 4 is 21.6 Å². The highest BCUT2D eigenvalue weighted by molar-refractivity contribution is 7.89. The first-order valence-electron chi connectivity index (χ1n) is 4.96. The number of sulfonamides is 1. The van der Waals surface area contributed by atoms with Crippen molar-refractivity contribution in [2.24, 2.45) is 0 Å². The third kappa shape index (κ3) is 2.90. The molecule has 1 heterocycles. The van der Waals surface area contributed by atoms with Gasteiger partial charge in [0.05, 0.1) is 12.8 Å². The molecule has 1 aromatic carbocycles. The lowest BCUT2D eigenvalue weighted by atomic mass is 10.3. The lowest BCUT2D eigenvalue weighted by Gasteiger charge is -2.06. The zero-order valence-electron chi connectivity index (χ0n) is 9.06. The molecular weight excluding hydrogens is 281 g/mol. The van der Waals surface area contributed by atoms with Gasteiger partial charge in [0, 0.05) is 5.02 Å². The summed E-state index contributed by atoms with van der Waals surface area (Å²) in [5, 5.41) is 0.148. The van der Waals surface area contributed by atoms with Crippen molar-refractivity contribution in [2.75, 3.05) is 0 Å². The van der Waals surface area contributed by atoms with Crippen LogP contribution in [0.5, 0.6) is 0 Å². The highest BCUT2D eigenvalue weighted by atomic mass is 35.5. The summed E-state index contributed by atoms with van der Waals surface area (Å²) in [6.07, 6.45) is 1.42. The summed E-state index contributed by atoms with van der Waals surface area (Å²) < 4.78 is 44.3. The van der Waals surface area contributed by atoms with E-state index in [0.717, 1.165) is 12.1 Å². The minimum Gasteiger partial charge on any atom is -0.468 e. The van der Waals surface area contributed by atoms with Crippen molar-refractivity contribution in [3.8, 4) is 0 Å². The van der Waals surface area contributed by atoms with E-state index in [9.17, 15) is 12.8 Å². The van der Waals surface area contributed by atoms with E-state index >= 15 is 0 Å². The fraction of sp³-hybridized carbons (Fsp3) is 0.0909. The van der Waals surface area contributed by atoms with Gasteiger partial charge in [-0.25, -0.2) is 17.5 Å². The van der Waals surface area contributed by atoms with Gasteiger partial charge in [0.1, 0.15) is 16.5 Å². The Bertz CT molecular complexity index is 640. The van der Waals surface area contributed by atoms with Crippen molar-refractivity contribution in [2.45, 2.75) is 11.4 Å². The monoisotopic (exact) mass is 289 g/mol. The van der Waals surface area contributed by atoms with Crippen molar-refractivity contribution in [3.05, 3.63) is 53.2 Å². The lowest BCUT2D eigenvalue weighted by Crippen LogP contribution is -2.24. The Morgan fingerprint density at radius 3 is 2.78 bits per heavy atom. The SMILES string of the molecule is O=S(=O)(NCc1ccco1)c1cc(Cl)ccc1F. The Hall–Kier alpha value is -1.37. The molecule has 96 valence electrons. The molecule has 0 radical (unpaired) electrons. The standard InChI is InChI=1S/C11H9ClFNO3S/c12-8-3-4-10(13)11(6-8)18(15,16)14-7-9-2-1-5-17-9/h1-6,14H,7H2. The van der Waals surface area contributed by atoms with E-state index < -0.39 is 20.7 Å². The van der Waals surface area contributed by atoms with Crippen LogP contribution in [0.1, 0.15) is 5.76 Å². The van der Waals surface area contributed by atoms with Crippen molar-refractivity contribution in [1.82, 2.24) is 4.72 Å². The van der Waals surface area contributed by atoms with E-state index in [0.29, 0.717) is 5.76 Å². The molecule has 0 aliphatic rings. The summed E-state index contributed by atoms with van der Waals surface area (Å²) >= 11 is 5.65. The van der Waals surface area contributed by atoms with Crippen LogP contribution >= 0.6 is 11.6 Å². The number of hydrogen-bond donors (Lipinski definition) is 1. The van der Waals surface area contributed by atoms with Gasteiger partial charge in [0.2, 0.25) is 10.0 Å². The molecule has 0 aliphatic carbocycles. The minimum absolute atomic E-state index is 0.0543. The number of rotatable bonds is 4. The van der Waals surface area contributed by atoms with Crippen LogP contribution in [0, 0.1) is 5.82 Å². The van der Waals surface area contributed by atoms with E-state index in [1.807, 2.05) is 0 Å². The van der Waals surface area contributed by atoms with Gasteiger partial charge in [0.15, 0.2) is 0 Å². The molecule has 0 saturated heterocycles. The van der Waals surface area contributed by atoms with Gasteiger partial charge in [-0.05, 0) is 30.3 Å². The summed E-state index contributed by atoms with van der Waals surface area (Å²) in [7, 11) is -3.96. The number of furan rings is 1. The average molecular weight is 290 g/mol. The molecule has 4 nitrogen and oxygen atoms in total. The van der Waals surface area contributed by atoms with Crippen molar-refractivity contribution in [3.63, 3.8) is 0 Å². The topological polar surface area (TPSA) is 59.3 Å². The Labute approximate surface area is 108 Å². The third-order valence-corrected chi connectivity index (χ3v) is 3.85. The molecule has 0 fully saturated rings. The molecule has 0 atom stereocenters. The summed E-state index contributed by atoms with van der Waals surface area (Å²) in [5.41, 5.74) is 0. The summed E-state index contributed by atoms with van der Waals surface area (Å²) in [4.78, 5) is -0.485. The fourth-order valence-corrected chi connectivity index (χ4v) is 2.67. The van der Waals surface area contributed by atoms with Crippen LogP contribution in [-0.4, -0.2) is 8.42 Å². The zero-order valence-corrected chi connectivity index (χ0v) is 10.6.